The van der Waals surface area contributed by atoms with E-state index in [4.69, 9.17) is 4.74 Å². The zero-order valence-electron chi connectivity index (χ0n) is 12.9. The molecule has 6 nitrogen and oxygen atoms in total. The van der Waals surface area contributed by atoms with E-state index in [1.54, 1.807) is 7.11 Å². The van der Waals surface area contributed by atoms with Gasteiger partial charge in [-0.3, -0.25) is 4.90 Å². The van der Waals surface area contributed by atoms with Gasteiger partial charge in [0.25, 0.3) is 0 Å². The second-order valence-corrected chi connectivity index (χ2v) is 5.40. The van der Waals surface area contributed by atoms with Crippen LogP contribution in [0.4, 0.5) is 5.82 Å². The molecule has 20 heavy (non-hydrogen) atoms. The van der Waals surface area contributed by atoms with Gasteiger partial charge in [-0.25, -0.2) is 9.97 Å². The van der Waals surface area contributed by atoms with Gasteiger partial charge in [0.1, 0.15) is 11.6 Å². The van der Waals surface area contributed by atoms with E-state index < -0.39 is 0 Å². The molecule has 0 amide bonds. The summed E-state index contributed by atoms with van der Waals surface area (Å²) in [6.45, 7) is 3.66. The Morgan fingerprint density at radius 3 is 2.85 bits per heavy atom. The Labute approximate surface area is 121 Å². The van der Waals surface area contributed by atoms with E-state index in [1.807, 2.05) is 13.1 Å². The molecule has 2 heterocycles. The van der Waals surface area contributed by atoms with Gasteiger partial charge in [0.15, 0.2) is 0 Å². The lowest BCUT2D eigenvalue weighted by atomic mass is 10.2. The van der Waals surface area contributed by atoms with Crippen molar-refractivity contribution < 1.29 is 4.74 Å². The van der Waals surface area contributed by atoms with Crippen LogP contribution in [0.2, 0.25) is 0 Å². The highest BCUT2D eigenvalue weighted by Gasteiger charge is 2.25. The topological polar surface area (TPSA) is 53.5 Å². The molecule has 1 saturated heterocycles. The second kappa shape index (κ2) is 6.97. The SMILES string of the molecule is CNc1cc(COC)nc(C2CN(C)CCCN2C)n1. The van der Waals surface area contributed by atoms with Crippen molar-refractivity contribution in [2.75, 3.05) is 53.2 Å². The van der Waals surface area contributed by atoms with Crippen LogP contribution in [0.1, 0.15) is 24.0 Å². The zero-order valence-corrected chi connectivity index (χ0v) is 12.9. The maximum Gasteiger partial charge on any atom is 0.149 e. The van der Waals surface area contributed by atoms with Gasteiger partial charge in [0, 0.05) is 26.8 Å². The summed E-state index contributed by atoms with van der Waals surface area (Å²) in [6, 6.07) is 2.17. The van der Waals surface area contributed by atoms with Gasteiger partial charge in [-0.2, -0.15) is 0 Å². The number of hydrogen-bond acceptors (Lipinski definition) is 6. The smallest absolute Gasteiger partial charge is 0.149 e. The number of rotatable bonds is 4. The summed E-state index contributed by atoms with van der Waals surface area (Å²) in [5, 5.41) is 3.11. The highest BCUT2D eigenvalue weighted by molar-refractivity contribution is 5.35. The summed E-state index contributed by atoms with van der Waals surface area (Å²) in [4.78, 5) is 14.0. The highest BCUT2D eigenvalue weighted by atomic mass is 16.5. The second-order valence-electron chi connectivity index (χ2n) is 5.40. The Balaban J connectivity index is 2.30. The number of nitrogens with zero attached hydrogens (tertiary/aromatic N) is 4. The van der Waals surface area contributed by atoms with E-state index in [-0.39, 0.29) is 6.04 Å². The van der Waals surface area contributed by atoms with Gasteiger partial charge in [-0.15, -0.1) is 0 Å². The van der Waals surface area contributed by atoms with Crippen LogP contribution in [0.25, 0.3) is 0 Å². The first-order chi connectivity index (χ1) is 9.63. The van der Waals surface area contributed by atoms with Crippen LogP contribution in [-0.4, -0.2) is 67.7 Å². The van der Waals surface area contributed by atoms with Gasteiger partial charge in [0.2, 0.25) is 0 Å². The predicted molar refractivity (Wildman–Crippen MR) is 79.8 cm³/mol. The first-order valence-electron chi connectivity index (χ1n) is 7.07. The quantitative estimate of drug-likeness (QED) is 0.886. The molecule has 0 spiro atoms. The summed E-state index contributed by atoms with van der Waals surface area (Å²) in [5.74, 6) is 1.72. The summed E-state index contributed by atoms with van der Waals surface area (Å²) in [5.41, 5.74) is 0.919. The highest BCUT2D eigenvalue weighted by Crippen LogP contribution is 2.22. The van der Waals surface area contributed by atoms with Crippen molar-refractivity contribution in [3.05, 3.63) is 17.6 Å². The van der Waals surface area contributed by atoms with Crippen molar-refractivity contribution in [3.8, 4) is 0 Å². The Morgan fingerprint density at radius 2 is 2.15 bits per heavy atom. The van der Waals surface area contributed by atoms with Crippen LogP contribution < -0.4 is 5.32 Å². The van der Waals surface area contributed by atoms with Gasteiger partial charge in [-0.1, -0.05) is 0 Å². The first kappa shape index (κ1) is 15.2. The molecule has 1 aromatic rings. The molecule has 112 valence electrons. The molecule has 1 aliphatic rings. The van der Waals surface area contributed by atoms with E-state index in [0.29, 0.717) is 6.61 Å². The van der Waals surface area contributed by atoms with E-state index in [2.05, 4.69) is 39.2 Å². The molecule has 0 aromatic carbocycles. The third-order valence-corrected chi connectivity index (χ3v) is 3.71. The average Bonchev–Trinajstić information content (AvgIpc) is 2.60. The zero-order chi connectivity index (χ0) is 14.5. The number of methoxy groups -OCH3 is 1. The molecular formula is C14H25N5O. The Kier molecular flexibility index (Phi) is 5.28. The molecule has 1 fully saturated rings. The molecule has 2 rings (SSSR count). The predicted octanol–water partition coefficient (Wildman–Crippen LogP) is 0.973. The van der Waals surface area contributed by atoms with Gasteiger partial charge in [-0.05, 0) is 33.6 Å². The molecule has 1 aromatic heterocycles. The molecule has 1 atom stereocenters. The Morgan fingerprint density at radius 1 is 1.35 bits per heavy atom. The average molecular weight is 279 g/mol. The number of likely N-dealkylation sites (N-methyl/N-ethyl adjacent to an activating group) is 2. The minimum Gasteiger partial charge on any atom is -0.378 e. The Hall–Kier alpha value is -1.24. The molecule has 0 aliphatic carbocycles. The third-order valence-electron chi connectivity index (χ3n) is 3.71. The lowest BCUT2D eigenvalue weighted by Gasteiger charge is -2.26. The maximum absolute atomic E-state index is 5.20. The molecule has 6 heteroatoms. The standard InChI is InChI=1S/C14H25N5O/c1-15-13-8-11(10-20-4)16-14(17-13)12-9-18(2)6-5-7-19(12)3/h8,12H,5-7,9-10H2,1-4H3,(H,15,16,17). The van der Waals surface area contributed by atoms with Crippen molar-refractivity contribution in [2.45, 2.75) is 19.1 Å². The van der Waals surface area contributed by atoms with Crippen molar-refractivity contribution in [1.29, 1.82) is 0 Å². The summed E-state index contributed by atoms with van der Waals surface area (Å²) >= 11 is 0. The largest absolute Gasteiger partial charge is 0.378 e. The lowest BCUT2D eigenvalue weighted by Crippen LogP contribution is -2.32. The molecular weight excluding hydrogens is 254 g/mol. The fourth-order valence-electron chi connectivity index (χ4n) is 2.57. The van der Waals surface area contributed by atoms with Crippen LogP contribution >= 0.6 is 0 Å². The molecule has 1 aliphatic heterocycles. The van der Waals surface area contributed by atoms with E-state index >= 15 is 0 Å². The van der Waals surface area contributed by atoms with Crippen molar-refractivity contribution >= 4 is 5.82 Å². The minimum absolute atomic E-state index is 0.228. The molecule has 0 radical (unpaired) electrons. The monoisotopic (exact) mass is 279 g/mol. The summed E-state index contributed by atoms with van der Waals surface area (Å²) in [7, 11) is 7.87. The molecule has 1 unspecified atom stereocenters. The van der Waals surface area contributed by atoms with Crippen LogP contribution in [-0.2, 0) is 11.3 Å². The van der Waals surface area contributed by atoms with Crippen LogP contribution in [0.3, 0.4) is 0 Å². The Bertz CT molecular complexity index is 440. The van der Waals surface area contributed by atoms with E-state index in [9.17, 15) is 0 Å². The van der Waals surface area contributed by atoms with Gasteiger partial charge in [0.05, 0.1) is 18.3 Å². The van der Waals surface area contributed by atoms with Crippen molar-refractivity contribution in [1.82, 2.24) is 19.8 Å². The number of hydrogen-bond donors (Lipinski definition) is 1. The number of anilines is 1. The van der Waals surface area contributed by atoms with E-state index in [1.165, 1.54) is 6.42 Å². The maximum atomic E-state index is 5.20. The van der Waals surface area contributed by atoms with Crippen LogP contribution in [0.15, 0.2) is 6.07 Å². The first-order valence-corrected chi connectivity index (χ1v) is 7.07. The van der Waals surface area contributed by atoms with Crippen LogP contribution in [0.5, 0.6) is 0 Å². The van der Waals surface area contributed by atoms with Gasteiger partial charge < -0.3 is 15.0 Å². The van der Waals surface area contributed by atoms with Crippen molar-refractivity contribution in [3.63, 3.8) is 0 Å². The summed E-state index contributed by atoms with van der Waals surface area (Å²) < 4.78 is 5.20. The van der Waals surface area contributed by atoms with Crippen LogP contribution in [0, 0.1) is 0 Å². The van der Waals surface area contributed by atoms with E-state index in [0.717, 1.165) is 37.0 Å². The summed E-state index contributed by atoms with van der Waals surface area (Å²) in [6.07, 6.45) is 1.18. The third kappa shape index (κ3) is 3.65. The minimum atomic E-state index is 0.228. The molecule has 0 saturated carbocycles. The fourth-order valence-corrected chi connectivity index (χ4v) is 2.57. The fraction of sp³-hybridized carbons (Fsp3) is 0.714. The van der Waals surface area contributed by atoms with Crippen molar-refractivity contribution in [2.24, 2.45) is 0 Å². The number of nitrogens with one attached hydrogen (secondary N) is 1. The lowest BCUT2D eigenvalue weighted by molar-refractivity contribution is 0.179. The number of aromatic nitrogens is 2. The normalized spacial score (nSPS) is 21.7. The molecule has 1 N–H and O–H groups in total. The molecule has 0 bridgehead atoms. The van der Waals surface area contributed by atoms with Gasteiger partial charge >= 0.3 is 0 Å². The number of ether oxygens (including phenoxy) is 1.